The van der Waals surface area contributed by atoms with Crippen molar-refractivity contribution in [1.29, 1.82) is 0 Å². The third-order valence-electron chi connectivity index (χ3n) is 7.91. The molecule has 0 bridgehead atoms. The first kappa shape index (κ1) is 15.6. The van der Waals surface area contributed by atoms with Crippen molar-refractivity contribution in [3.8, 4) is 0 Å². The lowest BCUT2D eigenvalue weighted by molar-refractivity contribution is -0.121. The van der Waals surface area contributed by atoms with Crippen LogP contribution in [0.15, 0.2) is 23.8 Å². The van der Waals surface area contributed by atoms with E-state index in [0.717, 1.165) is 25.7 Å². The van der Waals surface area contributed by atoms with Gasteiger partial charge in [0.2, 0.25) is 0 Å². The highest BCUT2D eigenvalue weighted by Gasteiger charge is 2.61. The first-order chi connectivity index (χ1) is 10.9. The van der Waals surface area contributed by atoms with Crippen LogP contribution in [-0.4, -0.2) is 28.7 Å². The van der Waals surface area contributed by atoms with Gasteiger partial charge in [-0.15, -0.1) is 0 Å². The largest absolute Gasteiger partial charge is 0.396 e. The molecule has 4 rings (SSSR count). The Labute approximate surface area is 138 Å². The van der Waals surface area contributed by atoms with Gasteiger partial charge < -0.3 is 10.2 Å². The van der Waals surface area contributed by atoms with Crippen molar-refractivity contribution in [3.05, 3.63) is 23.8 Å². The van der Waals surface area contributed by atoms with E-state index in [4.69, 9.17) is 0 Å². The minimum atomic E-state index is -0.347. The maximum atomic E-state index is 11.8. The molecule has 0 spiro atoms. The predicted molar refractivity (Wildman–Crippen MR) is 88.6 cm³/mol. The smallest absolute Gasteiger partial charge is 0.178 e. The molecule has 0 aromatic rings. The summed E-state index contributed by atoms with van der Waals surface area (Å²) in [6.07, 6.45) is 10.3. The van der Waals surface area contributed by atoms with Gasteiger partial charge in [0.15, 0.2) is 5.78 Å². The Kier molecular flexibility index (Phi) is 3.41. The highest BCUT2D eigenvalue weighted by molar-refractivity contribution is 6.01. The van der Waals surface area contributed by atoms with Gasteiger partial charge in [0, 0.05) is 17.9 Å². The van der Waals surface area contributed by atoms with E-state index >= 15 is 0 Å². The van der Waals surface area contributed by atoms with Crippen molar-refractivity contribution >= 4 is 5.78 Å². The summed E-state index contributed by atoms with van der Waals surface area (Å²) in [6, 6.07) is 0. The lowest BCUT2D eigenvalue weighted by Crippen LogP contribution is -2.56. The first-order valence-corrected chi connectivity index (χ1v) is 9.13. The zero-order valence-corrected chi connectivity index (χ0v) is 14.2. The molecule has 0 radical (unpaired) electrons. The number of allylic oxidation sites excluding steroid dienone is 4. The van der Waals surface area contributed by atoms with E-state index in [1.165, 1.54) is 12.0 Å². The molecule has 3 fully saturated rings. The van der Waals surface area contributed by atoms with Gasteiger partial charge in [-0.1, -0.05) is 25.5 Å². The van der Waals surface area contributed by atoms with Crippen molar-refractivity contribution in [2.24, 2.45) is 34.5 Å². The number of carbonyl (C=O) groups excluding carboxylic acids is 1. The molecule has 4 aliphatic carbocycles. The van der Waals surface area contributed by atoms with Crippen molar-refractivity contribution in [3.63, 3.8) is 0 Å². The van der Waals surface area contributed by atoms with Gasteiger partial charge in [0.05, 0.1) is 6.10 Å². The molecule has 3 nitrogen and oxygen atoms in total. The van der Waals surface area contributed by atoms with E-state index in [9.17, 15) is 15.0 Å². The number of fused-ring (bicyclic) bond motifs is 5. The second-order valence-corrected chi connectivity index (χ2v) is 8.76. The van der Waals surface area contributed by atoms with E-state index in [1.54, 1.807) is 6.08 Å². The van der Waals surface area contributed by atoms with Gasteiger partial charge in [-0.3, -0.25) is 4.79 Å². The number of rotatable bonds is 1. The van der Waals surface area contributed by atoms with Crippen LogP contribution >= 0.6 is 0 Å². The summed E-state index contributed by atoms with van der Waals surface area (Å²) in [7, 11) is 0. The van der Waals surface area contributed by atoms with Crippen LogP contribution in [0.4, 0.5) is 0 Å². The molecule has 126 valence electrons. The Bertz CT molecular complexity index is 592. The zero-order valence-electron chi connectivity index (χ0n) is 14.2. The van der Waals surface area contributed by atoms with E-state index in [-0.39, 0.29) is 35.2 Å². The molecule has 2 N–H and O–H groups in total. The van der Waals surface area contributed by atoms with Gasteiger partial charge in [0.1, 0.15) is 0 Å². The highest BCUT2D eigenvalue weighted by atomic mass is 16.3. The number of aliphatic hydroxyl groups excluding tert-OH is 2. The molecular formula is C20H28O3. The summed E-state index contributed by atoms with van der Waals surface area (Å²) in [5.41, 5.74) is 1.11. The van der Waals surface area contributed by atoms with Crippen LogP contribution in [0.25, 0.3) is 0 Å². The molecule has 7 atom stereocenters. The monoisotopic (exact) mass is 316 g/mol. The zero-order chi connectivity index (χ0) is 16.4. The molecule has 0 aromatic heterocycles. The van der Waals surface area contributed by atoms with Crippen LogP contribution in [0.2, 0.25) is 0 Å². The SMILES string of the molecule is CC12C=CC(=O)C=C1CCC1C2C(O)CC2(C)C(CO)CCC12. The average Bonchev–Trinajstić information content (AvgIpc) is 2.83. The fourth-order valence-electron chi connectivity index (χ4n) is 6.73. The topological polar surface area (TPSA) is 57.5 Å². The third-order valence-corrected chi connectivity index (χ3v) is 7.91. The van der Waals surface area contributed by atoms with Crippen LogP contribution in [-0.2, 0) is 4.79 Å². The normalized spacial score (nSPS) is 51.7. The summed E-state index contributed by atoms with van der Waals surface area (Å²) >= 11 is 0. The van der Waals surface area contributed by atoms with E-state index < -0.39 is 0 Å². The second kappa shape index (κ2) is 5.03. The maximum Gasteiger partial charge on any atom is 0.178 e. The molecular weight excluding hydrogens is 288 g/mol. The Hall–Kier alpha value is -0.930. The average molecular weight is 316 g/mol. The summed E-state index contributed by atoms with van der Waals surface area (Å²) in [4.78, 5) is 11.8. The molecule has 0 aromatic carbocycles. The molecule has 0 aliphatic heterocycles. The summed E-state index contributed by atoms with van der Waals surface area (Å²) in [5.74, 6) is 1.73. The fourth-order valence-corrected chi connectivity index (χ4v) is 6.73. The summed E-state index contributed by atoms with van der Waals surface area (Å²) in [6.45, 7) is 4.75. The molecule has 23 heavy (non-hydrogen) atoms. The molecule has 0 saturated heterocycles. The van der Waals surface area contributed by atoms with Crippen molar-refractivity contribution < 1.29 is 15.0 Å². The molecule has 4 aliphatic rings. The quantitative estimate of drug-likeness (QED) is 0.782. The Morgan fingerprint density at radius 1 is 1.26 bits per heavy atom. The number of carbonyl (C=O) groups is 1. The van der Waals surface area contributed by atoms with Crippen molar-refractivity contribution in [1.82, 2.24) is 0 Å². The van der Waals surface area contributed by atoms with Gasteiger partial charge in [-0.05, 0) is 67.4 Å². The highest BCUT2D eigenvalue weighted by Crippen LogP contribution is 2.65. The van der Waals surface area contributed by atoms with Crippen LogP contribution in [0.1, 0.15) is 46.0 Å². The minimum Gasteiger partial charge on any atom is -0.396 e. The Morgan fingerprint density at radius 2 is 2.04 bits per heavy atom. The fraction of sp³-hybridized carbons (Fsp3) is 0.750. The maximum absolute atomic E-state index is 11.8. The van der Waals surface area contributed by atoms with Gasteiger partial charge in [0.25, 0.3) is 0 Å². The lowest BCUT2D eigenvalue weighted by atomic mass is 9.47. The molecule has 3 saturated carbocycles. The van der Waals surface area contributed by atoms with Gasteiger partial charge in [-0.25, -0.2) is 0 Å². The Morgan fingerprint density at radius 3 is 2.78 bits per heavy atom. The molecule has 7 unspecified atom stereocenters. The van der Waals surface area contributed by atoms with Gasteiger partial charge >= 0.3 is 0 Å². The lowest BCUT2D eigenvalue weighted by Gasteiger charge is -2.58. The van der Waals surface area contributed by atoms with Crippen LogP contribution in [0.3, 0.4) is 0 Å². The predicted octanol–water partition coefficient (Wildman–Crippen LogP) is 2.87. The molecule has 0 heterocycles. The summed E-state index contributed by atoms with van der Waals surface area (Å²) in [5, 5.41) is 20.9. The van der Waals surface area contributed by atoms with E-state index in [2.05, 4.69) is 19.9 Å². The van der Waals surface area contributed by atoms with Crippen molar-refractivity contribution in [2.75, 3.05) is 6.61 Å². The standard InChI is InChI=1S/C20H28O3/c1-19-8-7-14(22)9-12(19)3-5-15-16-6-4-13(11-21)20(16,2)10-17(23)18(15)19/h7-9,13,15-18,21,23H,3-6,10-11H2,1-2H3. The third kappa shape index (κ3) is 1.99. The van der Waals surface area contributed by atoms with Crippen molar-refractivity contribution in [2.45, 2.75) is 52.1 Å². The summed E-state index contributed by atoms with van der Waals surface area (Å²) < 4.78 is 0. The minimum absolute atomic E-state index is 0.0705. The Balaban J connectivity index is 1.73. The van der Waals surface area contributed by atoms with Gasteiger partial charge in [-0.2, -0.15) is 0 Å². The number of hydrogen-bond donors (Lipinski definition) is 2. The number of ketones is 1. The molecule has 0 amide bonds. The second-order valence-electron chi connectivity index (χ2n) is 8.76. The number of aliphatic hydroxyl groups is 2. The first-order valence-electron chi connectivity index (χ1n) is 9.13. The van der Waals surface area contributed by atoms with Crippen LogP contribution in [0.5, 0.6) is 0 Å². The molecule has 3 heteroatoms. The van der Waals surface area contributed by atoms with Crippen LogP contribution < -0.4 is 0 Å². The van der Waals surface area contributed by atoms with E-state index in [1.807, 2.05) is 6.08 Å². The van der Waals surface area contributed by atoms with E-state index in [0.29, 0.717) is 17.8 Å². The number of hydrogen-bond acceptors (Lipinski definition) is 3. The van der Waals surface area contributed by atoms with Crippen LogP contribution in [0, 0.1) is 34.5 Å².